The maximum Gasteiger partial charge on any atom is 0.300 e. The molecule has 1 amide bonds. The number of nitrogens with one attached hydrogen (secondary N) is 1. The molecule has 0 saturated carbocycles. The Morgan fingerprint density at radius 1 is 1.42 bits per heavy atom. The Balaban J connectivity index is 2.02. The van der Waals surface area contributed by atoms with E-state index in [1.165, 1.54) is 6.07 Å². The van der Waals surface area contributed by atoms with Crippen molar-refractivity contribution in [2.75, 3.05) is 0 Å². The second-order valence-electron chi connectivity index (χ2n) is 3.96. The normalized spacial score (nSPS) is 10.3. The summed E-state index contributed by atoms with van der Waals surface area (Å²) in [6, 6.07) is 8.67. The molecule has 0 bridgehead atoms. The number of rotatable bonds is 4. The van der Waals surface area contributed by atoms with E-state index in [-0.39, 0.29) is 12.4 Å². The number of hydrogen-bond donors (Lipinski definition) is 2. The number of nitrogens with two attached hydrogens (primary N) is 1. The van der Waals surface area contributed by atoms with Crippen molar-refractivity contribution in [2.45, 2.75) is 13.5 Å². The number of carbonyl (C=O) groups excluding carboxylic acids is 1. The van der Waals surface area contributed by atoms with E-state index in [9.17, 15) is 4.79 Å². The van der Waals surface area contributed by atoms with Gasteiger partial charge in [-0.1, -0.05) is 17.7 Å². The first-order valence-corrected chi connectivity index (χ1v) is 5.96. The van der Waals surface area contributed by atoms with Crippen molar-refractivity contribution in [3.8, 4) is 5.75 Å². The van der Waals surface area contributed by atoms with Crippen LogP contribution in [-0.4, -0.2) is 5.91 Å². The maximum absolute atomic E-state index is 11.2. The second kappa shape index (κ2) is 5.77. The standard InChI is InChI=1S/C13H13ClN2O3/c1-8-2-4-11(10(14)6-8)18-7-9-3-5-12(19-9)13(17)16-15/h2-6H,7,15H2,1H3,(H,16,17). The molecule has 0 fully saturated rings. The predicted octanol–water partition coefficient (Wildman–Crippen LogP) is 2.42. The largest absolute Gasteiger partial charge is 0.484 e. The molecule has 0 aliphatic rings. The van der Waals surface area contributed by atoms with E-state index in [0.29, 0.717) is 16.5 Å². The summed E-state index contributed by atoms with van der Waals surface area (Å²) in [5.74, 6) is 5.73. The molecule has 5 nitrogen and oxygen atoms in total. The number of carbonyl (C=O) groups is 1. The van der Waals surface area contributed by atoms with Gasteiger partial charge in [-0.25, -0.2) is 5.84 Å². The average molecular weight is 281 g/mol. The summed E-state index contributed by atoms with van der Waals surface area (Å²) in [7, 11) is 0. The minimum Gasteiger partial charge on any atom is -0.484 e. The van der Waals surface area contributed by atoms with E-state index in [1.807, 2.05) is 24.5 Å². The number of benzene rings is 1. The number of hydrazine groups is 1. The highest BCUT2D eigenvalue weighted by Gasteiger charge is 2.10. The molecule has 0 aliphatic heterocycles. The lowest BCUT2D eigenvalue weighted by atomic mass is 10.2. The van der Waals surface area contributed by atoms with Crippen molar-refractivity contribution < 1.29 is 13.9 Å². The van der Waals surface area contributed by atoms with Gasteiger partial charge < -0.3 is 9.15 Å². The fourth-order valence-corrected chi connectivity index (χ4v) is 1.81. The fourth-order valence-electron chi connectivity index (χ4n) is 1.52. The molecule has 0 saturated heterocycles. The van der Waals surface area contributed by atoms with Crippen LogP contribution in [-0.2, 0) is 6.61 Å². The van der Waals surface area contributed by atoms with E-state index in [2.05, 4.69) is 0 Å². The van der Waals surface area contributed by atoms with Crippen LogP contribution in [0.2, 0.25) is 5.02 Å². The zero-order valence-corrected chi connectivity index (χ0v) is 11.0. The van der Waals surface area contributed by atoms with Crippen LogP contribution in [0.25, 0.3) is 0 Å². The third-order valence-electron chi connectivity index (χ3n) is 2.47. The third-order valence-corrected chi connectivity index (χ3v) is 2.77. The lowest BCUT2D eigenvalue weighted by Gasteiger charge is -2.06. The Morgan fingerprint density at radius 3 is 2.89 bits per heavy atom. The Kier molecular flexibility index (Phi) is 4.09. The van der Waals surface area contributed by atoms with Crippen molar-refractivity contribution in [3.63, 3.8) is 0 Å². The monoisotopic (exact) mass is 280 g/mol. The molecule has 0 atom stereocenters. The van der Waals surface area contributed by atoms with Crippen LogP contribution in [0.3, 0.4) is 0 Å². The van der Waals surface area contributed by atoms with Gasteiger partial charge in [-0.05, 0) is 36.8 Å². The summed E-state index contributed by atoms with van der Waals surface area (Å²) in [4.78, 5) is 11.2. The average Bonchev–Trinajstić information content (AvgIpc) is 2.85. The van der Waals surface area contributed by atoms with Gasteiger partial charge in [0.15, 0.2) is 5.76 Å². The Hall–Kier alpha value is -1.98. The molecule has 100 valence electrons. The number of amides is 1. The van der Waals surface area contributed by atoms with Gasteiger partial charge in [-0.15, -0.1) is 0 Å². The SMILES string of the molecule is Cc1ccc(OCc2ccc(C(=O)NN)o2)c(Cl)c1. The number of aryl methyl sites for hydroxylation is 1. The maximum atomic E-state index is 11.2. The molecule has 0 aliphatic carbocycles. The quantitative estimate of drug-likeness (QED) is 0.512. The molecule has 6 heteroatoms. The second-order valence-corrected chi connectivity index (χ2v) is 4.37. The number of ether oxygens (including phenoxy) is 1. The molecule has 1 aromatic carbocycles. The lowest BCUT2D eigenvalue weighted by molar-refractivity contribution is 0.0922. The highest BCUT2D eigenvalue weighted by atomic mass is 35.5. The van der Waals surface area contributed by atoms with E-state index >= 15 is 0 Å². The zero-order valence-electron chi connectivity index (χ0n) is 10.3. The Bertz CT molecular complexity index is 595. The number of hydrogen-bond acceptors (Lipinski definition) is 4. The molecule has 0 spiro atoms. The molecule has 1 aromatic heterocycles. The van der Waals surface area contributed by atoms with Crippen LogP contribution in [0.4, 0.5) is 0 Å². The molecule has 3 N–H and O–H groups in total. The predicted molar refractivity (Wildman–Crippen MR) is 70.9 cm³/mol. The van der Waals surface area contributed by atoms with E-state index < -0.39 is 5.91 Å². The van der Waals surface area contributed by atoms with Crippen LogP contribution in [0.15, 0.2) is 34.7 Å². The molecular weight excluding hydrogens is 268 g/mol. The summed E-state index contributed by atoms with van der Waals surface area (Å²) in [6.45, 7) is 2.13. The molecule has 0 unspecified atom stereocenters. The minimum absolute atomic E-state index is 0.135. The van der Waals surface area contributed by atoms with Gasteiger partial charge in [0.25, 0.3) is 0 Å². The zero-order chi connectivity index (χ0) is 13.8. The Morgan fingerprint density at radius 2 is 2.21 bits per heavy atom. The topological polar surface area (TPSA) is 77.5 Å². The summed E-state index contributed by atoms with van der Waals surface area (Å²) < 4.78 is 10.8. The molecule has 19 heavy (non-hydrogen) atoms. The highest BCUT2D eigenvalue weighted by molar-refractivity contribution is 6.32. The van der Waals surface area contributed by atoms with Crippen LogP contribution < -0.4 is 16.0 Å². The molecule has 1 heterocycles. The van der Waals surface area contributed by atoms with Crippen LogP contribution in [0.5, 0.6) is 5.75 Å². The van der Waals surface area contributed by atoms with Gasteiger partial charge in [0.2, 0.25) is 0 Å². The lowest BCUT2D eigenvalue weighted by Crippen LogP contribution is -2.29. The van der Waals surface area contributed by atoms with Crippen molar-refractivity contribution in [1.82, 2.24) is 5.43 Å². The van der Waals surface area contributed by atoms with E-state index in [0.717, 1.165) is 5.56 Å². The van der Waals surface area contributed by atoms with E-state index in [1.54, 1.807) is 12.1 Å². The fraction of sp³-hybridized carbons (Fsp3) is 0.154. The summed E-state index contributed by atoms with van der Waals surface area (Å²) in [5.41, 5.74) is 3.04. The molecular formula is C13H13ClN2O3. The molecule has 2 aromatic rings. The van der Waals surface area contributed by atoms with Crippen LogP contribution in [0.1, 0.15) is 21.9 Å². The molecule has 2 rings (SSSR count). The smallest absolute Gasteiger partial charge is 0.300 e. The van der Waals surface area contributed by atoms with E-state index in [4.69, 9.17) is 26.6 Å². The Labute approximate surface area is 115 Å². The molecule has 0 radical (unpaired) electrons. The van der Waals surface area contributed by atoms with Crippen molar-refractivity contribution in [3.05, 3.63) is 52.4 Å². The van der Waals surface area contributed by atoms with Crippen molar-refractivity contribution in [1.29, 1.82) is 0 Å². The van der Waals surface area contributed by atoms with Crippen LogP contribution >= 0.6 is 11.6 Å². The van der Waals surface area contributed by atoms with Gasteiger partial charge in [0.1, 0.15) is 18.1 Å². The highest BCUT2D eigenvalue weighted by Crippen LogP contribution is 2.26. The van der Waals surface area contributed by atoms with Gasteiger partial charge in [0, 0.05) is 0 Å². The first kappa shape index (κ1) is 13.5. The number of halogens is 1. The first-order chi connectivity index (χ1) is 9.10. The number of furan rings is 1. The van der Waals surface area contributed by atoms with Crippen molar-refractivity contribution >= 4 is 17.5 Å². The van der Waals surface area contributed by atoms with Gasteiger partial charge >= 0.3 is 5.91 Å². The van der Waals surface area contributed by atoms with Crippen molar-refractivity contribution in [2.24, 2.45) is 5.84 Å². The third kappa shape index (κ3) is 3.27. The van der Waals surface area contributed by atoms with Gasteiger partial charge in [-0.3, -0.25) is 10.2 Å². The number of nitrogen functional groups attached to an aromatic ring is 1. The summed E-state index contributed by atoms with van der Waals surface area (Å²) in [5, 5.41) is 0.534. The van der Waals surface area contributed by atoms with Gasteiger partial charge in [-0.2, -0.15) is 0 Å². The minimum atomic E-state index is -0.486. The van der Waals surface area contributed by atoms with Crippen LogP contribution in [0, 0.1) is 6.92 Å². The summed E-state index contributed by atoms with van der Waals surface area (Å²) in [6.07, 6.45) is 0. The first-order valence-electron chi connectivity index (χ1n) is 5.59. The summed E-state index contributed by atoms with van der Waals surface area (Å²) >= 11 is 6.04. The van der Waals surface area contributed by atoms with Gasteiger partial charge in [0.05, 0.1) is 5.02 Å².